The molecule has 0 atom stereocenters. The van der Waals surface area contributed by atoms with Crippen LogP contribution in [-0.2, 0) is 4.79 Å². The molecule has 0 bridgehead atoms. The van der Waals surface area contributed by atoms with Crippen LogP contribution in [0.4, 0.5) is 5.69 Å². The molecule has 0 spiro atoms. The SMILES string of the molecule is CCCOc1ccc(Cl)cc1NC(=O)CO. The van der Waals surface area contributed by atoms with Gasteiger partial charge in [0.1, 0.15) is 12.4 Å². The number of rotatable bonds is 5. The lowest BCUT2D eigenvalue weighted by molar-refractivity contribution is -0.118. The van der Waals surface area contributed by atoms with Crippen LogP contribution in [0.3, 0.4) is 0 Å². The van der Waals surface area contributed by atoms with Gasteiger partial charge in [-0.05, 0) is 24.6 Å². The molecular formula is C11H14ClNO3. The number of hydrogen-bond donors (Lipinski definition) is 2. The van der Waals surface area contributed by atoms with Crippen LogP contribution in [0.25, 0.3) is 0 Å². The molecular weight excluding hydrogens is 230 g/mol. The maximum atomic E-state index is 11.1. The first-order valence-corrected chi connectivity index (χ1v) is 5.38. The van der Waals surface area contributed by atoms with Gasteiger partial charge in [-0.25, -0.2) is 0 Å². The summed E-state index contributed by atoms with van der Waals surface area (Å²) in [6, 6.07) is 4.95. The highest BCUT2D eigenvalue weighted by Crippen LogP contribution is 2.28. The average molecular weight is 244 g/mol. The summed E-state index contributed by atoms with van der Waals surface area (Å²) in [5.41, 5.74) is 0.472. The highest BCUT2D eigenvalue weighted by Gasteiger charge is 2.07. The normalized spacial score (nSPS) is 9.94. The molecule has 0 aliphatic heterocycles. The molecule has 0 unspecified atom stereocenters. The number of aliphatic hydroxyl groups excluding tert-OH is 1. The molecule has 1 amide bonds. The lowest BCUT2D eigenvalue weighted by atomic mass is 10.3. The Morgan fingerprint density at radius 1 is 1.56 bits per heavy atom. The Bertz CT molecular complexity index is 368. The highest BCUT2D eigenvalue weighted by molar-refractivity contribution is 6.31. The lowest BCUT2D eigenvalue weighted by Gasteiger charge is -2.11. The predicted molar refractivity (Wildman–Crippen MR) is 63.0 cm³/mol. The van der Waals surface area contributed by atoms with Gasteiger partial charge in [-0.3, -0.25) is 4.79 Å². The van der Waals surface area contributed by atoms with Crippen molar-refractivity contribution in [1.82, 2.24) is 0 Å². The summed E-state index contributed by atoms with van der Waals surface area (Å²) in [6.45, 7) is 1.98. The molecule has 5 heteroatoms. The summed E-state index contributed by atoms with van der Waals surface area (Å²) >= 11 is 5.81. The van der Waals surface area contributed by atoms with E-state index >= 15 is 0 Å². The molecule has 1 rings (SSSR count). The Morgan fingerprint density at radius 3 is 2.94 bits per heavy atom. The van der Waals surface area contributed by atoms with E-state index in [9.17, 15) is 4.79 Å². The largest absolute Gasteiger partial charge is 0.491 e. The Labute approximate surface area is 99.2 Å². The fraction of sp³-hybridized carbons (Fsp3) is 0.364. The van der Waals surface area contributed by atoms with E-state index < -0.39 is 12.5 Å². The van der Waals surface area contributed by atoms with E-state index in [1.54, 1.807) is 18.2 Å². The van der Waals surface area contributed by atoms with Crippen LogP contribution >= 0.6 is 11.6 Å². The van der Waals surface area contributed by atoms with Crippen LogP contribution in [0.2, 0.25) is 5.02 Å². The van der Waals surface area contributed by atoms with Crippen LogP contribution in [-0.4, -0.2) is 24.2 Å². The number of ether oxygens (including phenoxy) is 1. The number of aliphatic hydroxyl groups is 1. The Morgan fingerprint density at radius 2 is 2.31 bits per heavy atom. The first kappa shape index (κ1) is 12.8. The van der Waals surface area contributed by atoms with E-state index in [2.05, 4.69) is 5.32 Å². The molecule has 0 saturated heterocycles. The average Bonchev–Trinajstić information content (AvgIpc) is 2.28. The quantitative estimate of drug-likeness (QED) is 0.832. The van der Waals surface area contributed by atoms with Crippen molar-refractivity contribution in [2.24, 2.45) is 0 Å². The van der Waals surface area contributed by atoms with Gasteiger partial charge in [0.25, 0.3) is 0 Å². The van der Waals surface area contributed by atoms with E-state index in [0.717, 1.165) is 6.42 Å². The van der Waals surface area contributed by atoms with Gasteiger partial charge >= 0.3 is 0 Å². The summed E-state index contributed by atoms with van der Waals surface area (Å²) in [4.78, 5) is 11.1. The van der Waals surface area contributed by atoms with Gasteiger partial charge in [0, 0.05) is 5.02 Å². The van der Waals surface area contributed by atoms with Crippen molar-refractivity contribution >= 4 is 23.2 Å². The monoisotopic (exact) mass is 243 g/mol. The molecule has 1 aromatic carbocycles. The van der Waals surface area contributed by atoms with Crippen LogP contribution in [0, 0.1) is 0 Å². The summed E-state index contributed by atoms with van der Waals surface area (Å²) in [7, 11) is 0. The van der Waals surface area contributed by atoms with Crippen molar-refractivity contribution in [3.63, 3.8) is 0 Å². The van der Waals surface area contributed by atoms with Crippen molar-refractivity contribution in [3.8, 4) is 5.75 Å². The zero-order chi connectivity index (χ0) is 12.0. The van der Waals surface area contributed by atoms with Crippen molar-refractivity contribution < 1.29 is 14.6 Å². The minimum absolute atomic E-state index is 0.472. The molecule has 16 heavy (non-hydrogen) atoms. The lowest BCUT2D eigenvalue weighted by Crippen LogP contribution is -2.16. The number of nitrogens with one attached hydrogen (secondary N) is 1. The summed E-state index contributed by atoms with van der Waals surface area (Å²) in [5.74, 6) is 0.0525. The Balaban J connectivity index is 2.84. The molecule has 0 heterocycles. The zero-order valence-electron chi connectivity index (χ0n) is 9.00. The first-order valence-electron chi connectivity index (χ1n) is 5.00. The van der Waals surface area contributed by atoms with Crippen LogP contribution in [0.5, 0.6) is 5.75 Å². The van der Waals surface area contributed by atoms with Gasteiger partial charge in [0.15, 0.2) is 0 Å². The zero-order valence-corrected chi connectivity index (χ0v) is 9.75. The molecule has 0 aliphatic rings. The van der Waals surface area contributed by atoms with E-state index in [4.69, 9.17) is 21.4 Å². The number of benzene rings is 1. The molecule has 2 N–H and O–H groups in total. The topological polar surface area (TPSA) is 58.6 Å². The molecule has 0 fully saturated rings. The molecule has 0 radical (unpaired) electrons. The summed E-state index contributed by atoms with van der Waals surface area (Å²) in [5, 5.41) is 11.7. The van der Waals surface area contributed by atoms with Crippen molar-refractivity contribution in [2.75, 3.05) is 18.5 Å². The van der Waals surface area contributed by atoms with Crippen molar-refractivity contribution in [2.45, 2.75) is 13.3 Å². The van der Waals surface area contributed by atoms with Crippen molar-refractivity contribution in [3.05, 3.63) is 23.2 Å². The maximum absolute atomic E-state index is 11.1. The van der Waals surface area contributed by atoms with Crippen LogP contribution in [0.1, 0.15) is 13.3 Å². The van der Waals surface area contributed by atoms with Crippen LogP contribution < -0.4 is 10.1 Å². The van der Waals surface area contributed by atoms with Gasteiger partial charge in [0.05, 0.1) is 12.3 Å². The number of hydrogen-bond acceptors (Lipinski definition) is 3. The van der Waals surface area contributed by atoms with Crippen LogP contribution in [0.15, 0.2) is 18.2 Å². The second-order valence-electron chi connectivity index (χ2n) is 3.20. The fourth-order valence-electron chi connectivity index (χ4n) is 1.13. The highest BCUT2D eigenvalue weighted by atomic mass is 35.5. The molecule has 0 aromatic heterocycles. The second kappa shape index (κ2) is 6.35. The molecule has 0 saturated carbocycles. The fourth-order valence-corrected chi connectivity index (χ4v) is 1.30. The van der Waals surface area contributed by atoms with Gasteiger partial charge in [0.2, 0.25) is 5.91 Å². The molecule has 88 valence electrons. The smallest absolute Gasteiger partial charge is 0.250 e. The van der Waals surface area contributed by atoms with Gasteiger partial charge in [-0.15, -0.1) is 0 Å². The Kier molecular flexibility index (Phi) is 5.08. The molecule has 0 aliphatic carbocycles. The number of amides is 1. The number of carbonyl (C=O) groups excluding carboxylic acids is 1. The molecule has 4 nitrogen and oxygen atoms in total. The summed E-state index contributed by atoms with van der Waals surface area (Å²) in [6.07, 6.45) is 0.871. The third-order valence-electron chi connectivity index (χ3n) is 1.82. The maximum Gasteiger partial charge on any atom is 0.250 e. The third-order valence-corrected chi connectivity index (χ3v) is 2.06. The van der Waals surface area contributed by atoms with Gasteiger partial charge in [-0.1, -0.05) is 18.5 Å². The van der Waals surface area contributed by atoms with Crippen molar-refractivity contribution in [1.29, 1.82) is 0 Å². The van der Waals surface area contributed by atoms with Gasteiger partial charge < -0.3 is 15.2 Å². The minimum Gasteiger partial charge on any atom is -0.491 e. The first-order chi connectivity index (χ1) is 7.67. The second-order valence-corrected chi connectivity index (χ2v) is 3.63. The number of carbonyl (C=O) groups is 1. The van der Waals surface area contributed by atoms with E-state index in [1.807, 2.05) is 6.92 Å². The minimum atomic E-state index is -0.570. The number of anilines is 1. The molecule has 1 aromatic rings. The third kappa shape index (κ3) is 3.72. The van der Waals surface area contributed by atoms with E-state index in [0.29, 0.717) is 23.1 Å². The Hall–Kier alpha value is -1.26. The summed E-state index contributed by atoms with van der Waals surface area (Å²) < 4.78 is 5.43. The number of halogens is 1. The standard InChI is InChI=1S/C11H14ClNO3/c1-2-5-16-10-4-3-8(12)6-9(10)13-11(15)7-14/h3-4,6,14H,2,5,7H2,1H3,(H,13,15). The van der Waals surface area contributed by atoms with E-state index in [1.165, 1.54) is 0 Å². The van der Waals surface area contributed by atoms with E-state index in [-0.39, 0.29) is 0 Å². The predicted octanol–water partition coefficient (Wildman–Crippen LogP) is 2.06. The van der Waals surface area contributed by atoms with Gasteiger partial charge in [-0.2, -0.15) is 0 Å².